The van der Waals surface area contributed by atoms with Crippen LogP contribution in [-0.4, -0.2) is 36.1 Å². The number of benzene rings is 2. The summed E-state index contributed by atoms with van der Waals surface area (Å²) in [5.74, 6) is -1.63. The van der Waals surface area contributed by atoms with E-state index in [1.165, 1.54) is 36.4 Å². The summed E-state index contributed by atoms with van der Waals surface area (Å²) in [6.45, 7) is 1.91. The van der Waals surface area contributed by atoms with Crippen LogP contribution in [0, 0.1) is 5.82 Å². The molecule has 0 bridgehead atoms. The quantitative estimate of drug-likeness (QED) is 0.349. The van der Waals surface area contributed by atoms with Crippen LogP contribution in [0.15, 0.2) is 48.5 Å². The fraction of sp³-hybridized carbons (Fsp3) is 0.200. The van der Waals surface area contributed by atoms with E-state index in [1.807, 2.05) is 6.92 Å². The monoisotopic (exact) mass is 433 g/mol. The van der Waals surface area contributed by atoms with Gasteiger partial charge in [0.05, 0.1) is 12.2 Å². The van der Waals surface area contributed by atoms with E-state index in [2.05, 4.69) is 16.2 Å². The van der Waals surface area contributed by atoms with E-state index >= 15 is 0 Å². The summed E-state index contributed by atoms with van der Waals surface area (Å²) in [6, 6.07) is 11.0. The molecule has 2 amide bonds. The summed E-state index contributed by atoms with van der Waals surface area (Å²) < 4.78 is 23.2. The minimum Gasteiger partial charge on any atom is -0.484 e. The highest BCUT2D eigenvalue weighted by atomic mass is 32.1. The number of esters is 1. The van der Waals surface area contributed by atoms with Crippen molar-refractivity contribution < 1.29 is 28.2 Å². The fourth-order valence-corrected chi connectivity index (χ4v) is 2.23. The summed E-state index contributed by atoms with van der Waals surface area (Å²) in [5, 5.41) is 2.19. The van der Waals surface area contributed by atoms with E-state index in [1.54, 1.807) is 0 Å². The van der Waals surface area contributed by atoms with Crippen molar-refractivity contribution in [1.82, 2.24) is 16.2 Å². The normalized spacial score (nSPS) is 9.93. The number of ether oxygens (including phenoxy) is 2. The largest absolute Gasteiger partial charge is 0.484 e. The third-order valence-corrected chi connectivity index (χ3v) is 3.75. The number of thiocarbonyl (C=S) groups is 1. The van der Waals surface area contributed by atoms with Gasteiger partial charge in [-0.15, -0.1) is 0 Å². The molecule has 10 heteroatoms. The lowest BCUT2D eigenvalue weighted by molar-refractivity contribution is -0.123. The number of halogens is 1. The molecule has 8 nitrogen and oxygen atoms in total. The Morgan fingerprint density at radius 2 is 1.60 bits per heavy atom. The van der Waals surface area contributed by atoms with Gasteiger partial charge in [0.2, 0.25) is 0 Å². The Morgan fingerprint density at radius 1 is 0.967 bits per heavy atom. The summed E-state index contributed by atoms with van der Waals surface area (Å²) in [7, 11) is 0. The van der Waals surface area contributed by atoms with E-state index in [9.17, 15) is 18.8 Å². The zero-order valence-corrected chi connectivity index (χ0v) is 16.9. The Hall–Kier alpha value is -3.53. The van der Waals surface area contributed by atoms with Crippen molar-refractivity contribution in [2.24, 2.45) is 0 Å². The molecule has 0 radical (unpaired) electrons. The molecule has 2 aromatic carbocycles. The predicted molar refractivity (Wildman–Crippen MR) is 110 cm³/mol. The standard InChI is InChI=1S/C20H20FN3O5S/c1-2-11-28-19(27)14-5-9-16(10-6-14)29-12-17(25)23-24-20(30)22-18(26)13-3-7-15(21)8-4-13/h3-10H,2,11-12H2,1H3,(H,23,25)(H2,22,24,26,30). The minimum atomic E-state index is -0.560. The van der Waals surface area contributed by atoms with Gasteiger partial charge in [0.15, 0.2) is 11.7 Å². The highest BCUT2D eigenvalue weighted by Gasteiger charge is 2.10. The van der Waals surface area contributed by atoms with Crippen molar-refractivity contribution in [2.75, 3.05) is 13.2 Å². The number of hydrazine groups is 1. The van der Waals surface area contributed by atoms with Gasteiger partial charge in [-0.25, -0.2) is 9.18 Å². The van der Waals surface area contributed by atoms with Gasteiger partial charge in [-0.05, 0) is 67.2 Å². The minimum absolute atomic E-state index is 0.146. The number of amides is 2. The molecule has 3 N–H and O–H groups in total. The molecule has 0 aliphatic carbocycles. The number of nitrogens with one attached hydrogen (secondary N) is 3. The lowest BCUT2D eigenvalue weighted by Gasteiger charge is -2.11. The Kier molecular flexibility index (Phi) is 8.70. The molecule has 0 saturated carbocycles. The second-order valence-electron chi connectivity index (χ2n) is 5.91. The smallest absolute Gasteiger partial charge is 0.338 e. The van der Waals surface area contributed by atoms with Crippen LogP contribution in [0.5, 0.6) is 5.75 Å². The van der Waals surface area contributed by atoms with Crippen LogP contribution in [0.4, 0.5) is 4.39 Å². The first-order chi connectivity index (χ1) is 14.4. The lowest BCUT2D eigenvalue weighted by atomic mass is 10.2. The zero-order chi connectivity index (χ0) is 21.9. The molecule has 0 heterocycles. The molecule has 30 heavy (non-hydrogen) atoms. The molecular formula is C20H20FN3O5S. The van der Waals surface area contributed by atoms with Crippen molar-refractivity contribution in [2.45, 2.75) is 13.3 Å². The van der Waals surface area contributed by atoms with Crippen molar-refractivity contribution in [1.29, 1.82) is 0 Å². The summed E-state index contributed by atoms with van der Waals surface area (Å²) in [4.78, 5) is 35.5. The maximum Gasteiger partial charge on any atom is 0.338 e. The number of carbonyl (C=O) groups is 3. The second kappa shape index (κ2) is 11.5. The van der Waals surface area contributed by atoms with Gasteiger partial charge in [0.1, 0.15) is 11.6 Å². The van der Waals surface area contributed by atoms with Crippen molar-refractivity contribution >= 4 is 35.1 Å². The second-order valence-corrected chi connectivity index (χ2v) is 6.32. The molecule has 2 aromatic rings. The first-order valence-corrected chi connectivity index (χ1v) is 9.35. The maximum atomic E-state index is 12.9. The van der Waals surface area contributed by atoms with E-state index in [0.717, 1.165) is 18.6 Å². The summed E-state index contributed by atoms with van der Waals surface area (Å²) in [5.41, 5.74) is 5.21. The van der Waals surface area contributed by atoms with E-state index in [-0.39, 0.29) is 17.3 Å². The van der Waals surface area contributed by atoms with Gasteiger partial charge in [-0.3, -0.25) is 25.8 Å². The van der Waals surface area contributed by atoms with Gasteiger partial charge in [0, 0.05) is 5.56 Å². The predicted octanol–water partition coefficient (Wildman–Crippen LogP) is 2.11. The van der Waals surface area contributed by atoms with Crippen LogP contribution < -0.4 is 20.9 Å². The number of hydrogen-bond acceptors (Lipinski definition) is 6. The topological polar surface area (TPSA) is 106 Å². The molecular weight excluding hydrogens is 413 g/mol. The van der Waals surface area contributed by atoms with E-state index in [0.29, 0.717) is 17.9 Å². The average Bonchev–Trinajstić information content (AvgIpc) is 2.75. The number of rotatable bonds is 7. The van der Waals surface area contributed by atoms with Gasteiger partial charge in [-0.2, -0.15) is 0 Å². The molecule has 0 saturated heterocycles. The van der Waals surface area contributed by atoms with Crippen molar-refractivity contribution in [3.8, 4) is 5.75 Å². The molecule has 0 spiro atoms. The van der Waals surface area contributed by atoms with Gasteiger partial charge >= 0.3 is 5.97 Å². The SMILES string of the molecule is CCCOC(=O)c1ccc(OCC(=O)NNC(=S)NC(=O)c2ccc(F)cc2)cc1. The Labute approximate surface area is 177 Å². The summed E-state index contributed by atoms with van der Waals surface area (Å²) in [6.07, 6.45) is 0.732. The molecule has 0 aliphatic rings. The Bertz CT molecular complexity index is 904. The average molecular weight is 433 g/mol. The van der Waals surface area contributed by atoms with Crippen LogP contribution in [0.25, 0.3) is 0 Å². The molecule has 2 rings (SSSR count). The number of carbonyl (C=O) groups excluding carboxylic acids is 3. The fourth-order valence-electron chi connectivity index (χ4n) is 2.08. The molecule has 0 unspecified atom stereocenters. The maximum absolute atomic E-state index is 12.9. The number of hydrogen-bond donors (Lipinski definition) is 3. The lowest BCUT2D eigenvalue weighted by Crippen LogP contribution is -2.49. The van der Waals surface area contributed by atoms with Gasteiger partial charge in [0.25, 0.3) is 11.8 Å². The van der Waals surface area contributed by atoms with Crippen LogP contribution in [-0.2, 0) is 9.53 Å². The van der Waals surface area contributed by atoms with Gasteiger partial charge < -0.3 is 9.47 Å². The zero-order valence-electron chi connectivity index (χ0n) is 16.1. The van der Waals surface area contributed by atoms with Crippen LogP contribution >= 0.6 is 12.2 Å². The van der Waals surface area contributed by atoms with Crippen LogP contribution in [0.2, 0.25) is 0 Å². The molecule has 158 valence electrons. The van der Waals surface area contributed by atoms with E-state index < -0.39 is 23.6 Å². The molecule has 0 aromatic heterocycles. The summed E-state index contributed by atoms with van der Waals surface area (Å²) >= 11 is 4.90. The Balaban J connectivity index is 1.71. The third-order valence-electron chi connectivity index (χ3n) is 3.55. The van der Waals surface area contributed by atoms with Crippen molar-refractivity contribution in [3.05, 3.63) is 65.5 Å². The van der Waals surface area contributed by atoms with Crippen molar-refractivity contribution in [3.63, 3.8) is 0 Å². The van der Waals surface area contributed by atoms with Crippen LogP contribution in [0.1, 0.15) is 34.1 Å². The highest BCUT2D eigenvalue weighted by molar-refractivity contribution is 7.80. The Morgan fingerprint density at radius 3 is 2.23 bits per heavy atom. The first kappa shape index (κ1) is 22.8. The first-order valence-electron chi connectivity index (χ1n) is 8.94. The third kappa shape index (κ3) is 7.47. The molecule has 0 fully saturated rings. The molecule has 0 aliphatic heterocycles. The highest BCUT2D eigenvalue weighted by Crippen LogP contribution is 2.13. The van der Waals surface area contributed by atoms with Gasteiger partial charge in [-0.1, -0.05) is 6.92 Å². The van der Waals surface area contributed by atoms with Crippen LogP contribution in [0.3, 0.4) is 0 Å². The molecule has 0 atom stereocenters. The van der Waals surface area contributed by atoms with E-state index in [4.69, 9.17) is 21.7 Å².